The number of carbonyl (C=O) groups is 2. The van der Waals surface area contributed by atoms with Gasteiger partial charge in [-0.05, 0) is 42.7 Å². The van der Waals surface area contributed by atoms with E-state index in [9.17, 15) is 27.9 Å². The summed E-state index contributed by atoms with van der Waals surface area (Å²) in [4.78, 5) is 28.7. The van der Waals surface area contributed by atoms with Gasteiger partial charge in [-0.15, -0.1) is 0 Å². The van der Waals surface area contributed by atoms with E-state index >= 15 is 0 Å². The van der Waals surface area contributed by atoms with Crippen molar-refractivity contribution >= 4 is 11.9 Å². The lowest BCUT2D eigenvalue weighted by Gasteiger charge is -2.21. The second-order valence-electron chi connectivity index (χ2n) is 6.53. The highest BCUT2D eigenvalue weighted by Crippen LogP contribution is 2.31. The van der Waals surface area contributed by atoms with Crippen LogP contribution in [0.25, 0.3) is 0 Å². The van der Waals surface area contributed by atoms with E-state index in [2.05, 4.69) is 4.98 Å². The number of ether oxygens (including phenoxy) is 1. The number of nitrogens with two attached hydrogens (primary N) is 1. The summed E-state index contributed by atoms with van der Waals surface area (Å²) >= 11 is 0. The molecular formula is C19H18F3N3O4. The average molecular weight is 409 g/mol. The van der Waals surface area contributed by atoms with Gasteiger partial charge in [0.25, 0.3) is 5.91 Å². The molecule has 1 aromatic heterocycles. The van der Waals surface area contributed by atoms with Gasteiger partial charge in [-0.3, -0.25) is 4.79 Å². The lowest BCUT2D eigenvalue weighted by atomic mass is 10.1. The van der Waals surface area contributed by atoms with Crippen molar-refractivity contribution in [1.29, 1.82) is 0 Å². The van der Waals surface area contributed by atoms with E-state index in [1.165, 1.54) is 35.2 Å². The van der Waals surface area contributed by atoms with Gasteiger partial charge < -0.3 is 20.5 Å². The quantitative estimate of drug-likeness (QED) is 0.786. The number of aliphatic carboxylic acids is 1. The van der Waals surface area contributed by atoms with Gasteiger partial charge in [0.15, 0.2) is 0 Å². The summed E-state index contributed by atoms with van der Waals surface area (Å²) in [7, 11) is 0. The highest BCUT2D eigenvalue weighted by atomic mass is 19.4. The number of carboxylic acids is 1. The predicted octanol–water partition coefficient (Wildman–Crippen LogP) is 3.04. The molecule has 0 radical (unpaired) electrons. The van der Waals surface area contributed by atoms with Crippen molar-refractivity contribution in [2.75, 3.05) is 6.54 Å². The third-order valence-corrected chi connectivity index (χ3v) is 4.49. The lowest BCUT2D eigenvalue weighted by molar-refractivity contribution is -0.142. The summed E-state index contributed by atoms with van der Waals surface area (Å²) in [6, 6.07) is 6.99. The molecule has 3 N–H and O–H groups in total. The van der Waals surface area contributed by atoms with Crippen molar-refractivity contribution in [1.82, 2.24) is 9.88 Å². The van der Waals surface area contributed by atoms with E-state index in [1.54, 1.807) is 0 Å². The van der Waals surface area contributed by atoms with Crippen LogP contribution in [0.3, 0.4) is 0 Å². The maximum Gasteiger partial charge on any atom is 0.433 e. The number of nitrogens with zero attached hydrogens (tertiary/aromatic N) is 2. The van der Waals surface area contributed by atoms with Crippen LogP contribution in [0.1, 0.15) is 34.5 Å². The molecule has 2 heterocycles. The highest BCUT2D eigenvalue weighted by Gasteiger charge is 2.35. The Morgan fingerprint density at radius 1 is 1.28 bits per heavy atom. The summed E-state index contributed by atoms with van der Waals surface area (Å²) in [5.74, 6) is -1.78. The highest BCUT2D eigenvalue weighted by molar-refractivity contribution is 5.97. The van der Waals surface area contributed by atoms with Crippen molar-refractivity contribution in [3.05, 3.63) is 53.2 Å². The Bertz CT molecular complexity index is 933. The molecular weight excluding hydrogens is 391 g/mol. The van der Waals surface area contributed by atoms with Gasteiger partial charge in [-0.1, -0.05) is 6.07 Å². The summed E-state index contributed by atoms with van der Waals surface area (Å²) in [6.45, 7) is 0.182. The molecule has 0 spiro atoms. The number of benzene rings is 1. The predicted molar refractivity (Wildman–Crippen MR) is 95.3 cm³/mol. The maximum absolute atomic E-state index is 13.0. The SMILES string of the molecule is NCc1cc(Oc2cccc(C(=O)N3CCC[C@H]3C(=O)O)c2)nc(C(F)(F)F)c1. The molecule has 1 aromatic carbocycles. The maximum atomic E-state index is 13.0. The fourth-order valence-electron chi connectivity index (χ4n) is 3.12. The van der Waals surface area contributed by atoms with Gasteiger partial charge in [0.1, 0.15) is 17.5 Å². The number of aromatic nitrogens is 1. The minimum Gasteiger partial charge on any atom is -0.480 e. The van der Waals surface area contributed by atoms with Crippen LogP contribution in [-0.2, 0) is 17.5 Å². The van der Waals surface area contributed by atoms with Gasteiger partial charge in [0.05, 0.1) is 0 Å². The molecule has 1 fully saturated rings. The number of pyridine rings is 1. The number of carboxylic acid groups (broad SMARTS) is 1. The van der Waals surface area contributed by atoms with Crippen LogP contribution in [0.4, 0.5) is 13.2 Å². The van der Waals surface area contributed by atoms with Gasteiger partial charge in [-0.2, -0.15) is 13.2 Å². The Balaban J connectivity index is 1.85. The number of hydrogen-bond acceptors (Lipinski definition) is 5. The van der Waals surface area contributed by atoms with E-state index in [-0.39, 0.29) is 29.3 Å². The van der Waals surface area contributed by atoms with Gasteiger partial charge in [0.2, 0.25) is 5.88 Å². The molecule has 7 nitrogen and oxygen atoms in total. The van der Waals surface area contributed by atoms with Crippen LogP contribution >= 0.6 is 0 Å². The van der Waals surface area contributed by atoms with E-state index in [4.69, 9.17) is 10.5 Å². The number of halogens is 3. The normalized spacial score (nSPS) is 16.7. The number of alkyl halides is 3. The third kappa shape index (κ3) is 4.65. The minimum atomic E-state index is -4.66. The Labute approximate surface area is 163 Å². The number of hydrogen-bond donors (Lipinski definition) is 2. The summed E-state index contributed by atoms with van der Waals surface area (Å²) in [6.07, 6.45) is -3.72. The lowest BCUT2D eigenvalue weighted by Crippen LogP contribution is -2.40. The third-order valence-electron chi connectivity index (χ3n) is 4.49. The van der Waals surface area contributed by atoms with Gasteiger partial charge in [-0.25, -0.2) is 9.78 Å². The Morgan fingerprint density at radius 2 is 2.03 bits per heavy atom. The Kier molecular flexibility index (Phi) is 5.73. The van der Waals surface area contributed by atoms with Crippen LogP contribution < -0.4 is 10.5 Å². The molecule has 0 unspecified atom stereocenters. The monoisotopic (exact) mass is 409 g/mol. The molecule has 154 valence electrons. The van der Waals surface area contributed by atoms with Crippen LogP contribution in [0.15, 0.2) is 36.4 Å². The fraction of sp³-hybridized carbons (Fsp3) is 0.316. The Hall–Kier alpha value is -3.14. The minimum absolute atomic E-state index is 0.0942. The van der Waals surface area contributed by atoms with Gasteiger partial charge >= 0.3 is 12.1 Å². The zero-order chi connectivity index (χ0) is 21.2. The van der Waals surface area contributed by atoms with Gasteiger partial charge in [0, 0.05) is 24.7 Å². The second kappa shape index (κ2) is 8.08. The number of carbonyl (C=O) groups excluding carboxylic acids is 1. The number of likely N-dealkylation sites (tertiary alicyclic amines) is 1. The van der Waals surface area contributed by atoms with Crippen molar-refractivity contribution in [2.45, 2.75) is 31.6 Å². The van der Waals surface area contributed by atoms with Crippen molar-refractivity contribution < 1.29 is 32.6 Å². The molecule has 1 aliphatic rings. The smallest absolute Gasteiger partial charge is 0.433 e. The molecule has 0 bridgehead atoms. The largest absolute Gasteiger partial charge is 0.480 e. The molecule has 1 saturated heterocycles. The summed E-state index contributed by atoms with van der Waals surface area (Å²) in [5.41, 5.74) is 4.67. The van der Waals surface area contributed by atoms with E-state index in [1.807, 2.05) is 0 Å². The zero-order valence-corrected chi connectivity index (χ0v) is 15.1. The molecule has 0 saturated carbocycles. The molecule has 1 amide bonds. The standard InChI is InChI=1S/C19H18F3N3O4/c20-19(21,22)15-7-11(10-23)8-16(24-15)29-13-4-1-3-12(9-13)17(26)25-6-2-5-14(25)18(27)28/h1,3-4,7-9,14H,2,5-6,10,23H2,(H,27,28)/t14-/m0/s1. The first-order valence-electron chi connectivity index (χ1n) is 8.79. The molecule has 3 rings (SSSR count). The van der Waals surface area contributed by atoms with Crippen LogP contribution in [0.2, 0.25) is 0 Å². The molecule has 0 aliphatic carbocycles. The van der Waals surface area contributed by atoms with Crippen molar-refractivity contribution in [3.8, 4) is 11.6 Å². The van der Waals surface area contributed by atoms with E-state index < -0.39 is 29.8 Å². The second-order valence-corrected chi connectivity index (χ2v) is 6.53. The number of rotatable bonds is 5. The Morgan fingerprint density at radius 3 is 2.69 bits per heavy atom. The van der Waals surface area contributed by atoms with Crippen LogP contribution in [-0.4, -0.2) is 39.5 Å². The van der Waals surface area contributed by atoms with Crippen molar-refractivity contribution in [2.24, 2.45) is 5.73 Å². The van der Waals surface area contributed by atoms with Crippen LogP contribution in [0, 0.1) is 0 Å². The van der Waals surface area contributed by atoms with E-state index in [0.29, 0.717) is 19.4 Å². The summed E-state index contributed by atoms with van der Waals surface area (Å²) < 4.78 is 44.5. The topological polar surface area (TPSA) is 106 Å². The fourth-order valence-corrected chi connectivity index (χ4v) is 3.12. The molecule has 2 aromatic rings. The van der Waals surface area contributed by atoms with Crippen LogP contribution in [0.5, 0.6) is 11.6 Å². The first-order chi connectivity index (χ1) is 13.7. The molecule has 29 heavy (non-hydrogen) atoms. The average Bonchev–Trinajstić information content (AvgIpc) is 3.17. The molecule has 1 aliphatic heterocycles. The molecule has 10 heteroatoms. The molecule has 1 atom stereocenters. The number of amides is 1. The first kappa shape index (κ1) is 20.6. The zero-order valence-electron chi connectivity index (χ0n) is 15.1. The first-order valence-corrected chi connectivity index (χ1v) is 8.79. The van der Waals surface area contributed by atoms with Crippen molar-refractivity contribution in [3.63, 3.8) is 0 Å². The summed E-state index contributed by atoms with van der Waals surface area (Å²) in [5, 5.41) is 9.24. The van der Waals surface area contributed by atoms with E-state index in [0.717, 1.165) is 6.07 Å².